The number of carboxylic acid groups (broad SMARTS) is 1. The summed E-state index contributed by atoms with van der Waals surface area (Å²) in [5.74, 6) is -1.18. The van der Waals surface area contributed by atoms with E-state index in [9.17, 15) is 14.4 Å². The van der Waals surface area contributed by atoms with Crippen LogP contribution in [0.25, 0.3) is 0 Å². The minimum absolute atomic E-state index is 0.0165. The number of carbonyl (C=O) groups is 3. The van der Waals surface area contributed by atoms with Gasteiger partial charge in [-0.2, -0.15) is 0 Å². The van der Waals surface area contributed by atoms with Gasteiger partial charge < -0.3 is 15.7 Å². The smallest absolute Gasteiger partial charge is 0.337 e. The molecule has 1 fully saturated rings. The first-order chi connectivity index (χ1) is 8.58. The largest absolute Gasteiger partial charge is 0.478 e. The molecule has 0 saturated carbocycles. The maximum absolute atomic E-state index is 11.8. The standard InChI is InChI=1S/C11H10N2O4S/c14-9(8-5-18-11(17)13-8)12-7-4-2-1-3-6(7)10(15)16/h1-4,8H,5H2,(H,12,14)(H,13,17)(H,15,16). The molecule has 7 heteroatoms. The van der Waals surface area contributed by atoms with Crippen molar-refractivity contribution in [3.05, 3.63) is 29.8 Å². The van der Waals surface area contributed by atoms with Crippen molar-refractivity contribution in [1.29, 1.82) is 0 Å². The summed E-state index contributed by atoms with van der Waals surface area (Å²) in [5.41, 5.74) is 0.240. The van der Waals surface area contributed by atoms with Crippen LogP contribution in [0.2, 0.25) is 0 Å². The molecule has 1 aromatic rings. The van der Waals surface area contributed by atoms with E-state index in [-0.39, 0.29) is 16.5 Å². The minimum Gasteiger partial charge on any atom is -0.478 e. The molecule has 2 rings (SSSR count). The lowest BCUT2D eigenvalue weighted by molar-refractivity contribution is -0.117. The molecule has 0 spiro atoms. The average molecular weight is 266 g/mol. The van der Waals surface area contributed by atoms with Crippen molar-refractivity contribution < 1.29 is 19.5 Å². The number of nitrogens with one attached hydrogen (secondary N) is 2. The number of hydrogen-bond donors (Lipinski definition) is 3. The van der Waals surface area contributed by atoms with Crippen molar-refractivity contribution in [3.8, 4) is 0 Å². The van der Waals surface area contributed by atoms with Gasteiger partial charge in [0.05, 0.1) is 11.3 Å². The predicted octanol–water partition coefficient (Wildman–Crippen LogP) is 1.15. The van der Waals surface area contributed by atoms with Crippen LogP contribution in [-0.4, -0.2) is 34.0 Å². The molecule has 94 valence electrons. The van der Waals surface area contributed by atoms with Crippen LogP contribution in [0.1, 0.15) is 10.4 Å². The number of thioether (sulfide) groups is 1. The van der Waals surface area contributed by atoms with Gasteiger partial charge in [-0.15, -0.1) is 0 Å². The number of amides is 2. The van der Waals surface area contributed by atoms with Gasteiger partial charge in [0.15, 0.2) is 0 Å². The lowest BCUT2D eigenvalue weighted by Crippen LogP contribution is -2.38. The van der Waals surface area contributed by atoms with Gasteiger partial charge in [0.1, 0.15) is 6.04 Å². The third kappa shape index (κ3) is 2.62. The highest BCUT2D eigenvalue weighted by atomic mass is 32.2. The van der Waals surface area contributed by atoms with Crippen molar-refractivity contribution in [2.45, 2.75) is 6.04 Å². The Labute approximate surface area is 107 Å². The number of anilines is 1. The SMILES string of the molecule is O=C1NC(C(=O)Nc2ccccc2C(=O)O)CS1. The van der Waals surface area contributed by atoms with Gasteiger partial charge in [-0.1, -0.05) is 23.9 Å². The maximum Gasteiger partial charge on any atom is 0.337 e. The van der Waals surface area contributed by atoms with Crippen LogP contribution in [0.4, 0.5) is 10.5 Å². The molecule has 1 heterocycles. The van der Waals surface area contributed by atoms with Crippen molar-refractivity contribution in [1.82, 2.24) is 5.32 Å². The predicted molar refractivity (Wildman–Crippen MR) is 66.8 cm³/mol. The molecule has 1 aliphatic rings. The van der Waals surface area contributed by atoms with E-state index >= 15 is 0 Å². The van der Waals surface area contributed by atoms with E-state index in [4.69, 9.17) is 5.11 Å². The Kier molecular flexibility index (Phi) is 3.52. The minimum atomic E-state index is -1.12. The second kappa shape index (κ2) is 5.09. The Morgan fingerprint density at radius 3 is 2.72 bits per heavy atom. The summed E-state index contributed by atoms with van der Waals surface area (Å²) in [4.78, 5) is 33.7. The zero-order chi connectivity index (χ0) is 13.1. The highest BCUT2D eigenvalue weighted by molar-refractivity contribution is 8.14. The monoisotopic (exact) mass is 266 g/mol. The molecule has 1 aliphatic heterocycles. The van der Waals surface area contributed by atoms with Crippen molar-refractivity contribution in [3.63, 3.8) is 0 Å². The first kappa shape index (κ1) is 12.4. The fraction of sp³-hybridized carbons (Fsp3) is 0.182. The zero-order valence-electron chi connectivity index (χ0n) is 9.17. The molecule has 1 unspecified atom stereocenters. The summed E-state index contributed by atoms with van der Waals surface area (Å²) in [6, 6.07) is 5.49. The number of carbonyl (C=O) groups excluding carboxylic acids is 2. The Bertz CT molecular complexity index is 518. The highest BCUT2D eigenvalue weighted by Crippen LogP contribution is 2.18. The molecule has 6 nitrogen and oxygen atoms in total. The van der Waals surface area contributed by atoms with Gasteiger partial charge in [-0.3, -0.25) is 9.59 Å². The van der Waals surface area contributed by atoms with Gasteiger partial charge in [0.25, 0.3) is 5.24 Å². The number of para-hydroxylation sites is 1. The molecule has 1 aromatic carbocycles. The van der Waals surface area contributed by atoms with Crippen molar-refractivity contribution >= 4 is 34.6 Å². The van der Waals surface area contributed by atoms with Gasteiger partial charge in [-0.25, -0.2) is 4.79 Å². The van der Waals surface area contributed by atoms with E-state index in [1.165, 1.54) is 12.1 Å². The summed E-state index contributed by atoms with van der Waals surface area (Å²) < 4.78 is 0. The van der Waals surface area contributed by atoms with E-state index in [1.54, 1.807) is 12.1 Å². The lowest BCUT2D eigenvalue weighted by Gasteiger charge is -2.11. The highest BCUT2D eigenvalue weighted by Gasteiger charge is 2.28. The van der Waals surface area contributed by atoms with Crippen LogP contribution >= 0.6 is 11.8 Å². The van der Waals surface area contributed by atoms with Gasteiger partial charge in [-0.05, 0) is 12.1 Å². The normalized spacial score (nSPS) is 18.2. The Hall–Kier alpha value is -2.02. The van der Waals surface area contributed by atoms with E-state index in [0.717, 1.165) is 11.8 Å². The van der Waals surface area contributed by atoms with Crippen molar-refractivity contribution in [2.24, 2.45) is 0 Å². The number of carboxylic acids is 1. The molecule has 18 heavy (non-hydrogen) atoms. The molecule has 0 aromatic heterocycles. The summed E-state index contributed by atoms with van der Waals surface area (Å²) in [5, 5.41) is 13.7. The topological polar surface area (TPSA) is 95.5 Å². The zero-order valence-corrected chi connectivity index (χ0v) is 9.99. The van der Waals surface area contributed by atoms with Crippen LogP contribution in [0.5, 0.6) is 0 Å². The summed E-state index contributed by atoms with van der Waals surface area (Å²) in [6.45, 7) is 0. The number of benzene rings is 1. The quantitative estimate of drug-likeness (QED) is 0.762. The Balaban J connectivity index is 2.12. The summed E-state index contributed by atoms with van der Waals surface area (Å²) in [7, 11) is 0. The maximum atomic E-state index is 11.8. The third-order valence-corrected chi connectivity index (χ3v) is 3.29. The average Bonchev–Trinajstić information content (AvgIpc) is 2.76. The number of hydrogen-bond acceptors (Lipinski definition) is 4. The molecule has 0 radical (unpaired) electrons. The first-order valence-corrected chi connectivity index (χ1v) is 6.13. The molecule has 3 N–H and O–H groups in total. The fourth-order valence-electron chi connectivity index (χ4n) is 1.52. The molecular formula is C11H10N2O4S. The molecule has 1 atom stereocenters. The van der Waals surface area contributed by atoms with E-state index in [0.29, 0.717) is 5.75 Å². The summed E-state index contributed by atoms with van der Waals surface area (Å²) >= 11 is 1.03. The Morgan fingerprint density at radius 1 is 1.39 bits per heavy atom. The van der Waals surface area contributed by atoms with E-state index in [2.05, 4.69) is 10.6 Å². The van der Waals surface area contributed by atoms with Crippen LogP contribution in [0.3, 0.4) is 0 Å². The van der Waals surface area contributed by atoms with E-state index < -0.39 is 17.9 Å². The van der Waals surface area contributed by atoms with Crippen LogP contribution < -0.4 is 10.6 Å². The second-order valence-corrected chi connectivity index (χ2v) is 4.63. The van der Waals surface area contributed by atoms with Gasteiger partial charge >= 0.3 is 5.97 Å². The molecule has 1 saturated heterocycles. The number of aromatic carboxylic acids is 1. The van der Waals surface area contributed by atoms with Crippen molar-refractivity contribution in [2.75, 3.05) is 11.1 Å². The lowest BCUT2D eigenvalue weighted by atomic mass is 10.1. The number of rotatable bonds is 3. The van der Waals surface area contributed by atoms with Gasteiger partial charge in [0.2, 0.25) is 5.91 Å². The molecular weight excluding hydrogens is 256 g/mol. The Morgan fingerprint density at radius 2 is 2.11 bits per heavy atom. The third-order valence-electron chi connectivity index (χ3n) is 2.41. The fourth-order valence-corrected chi connectivity index (χ4v) is 2.30. The van der Waals surface area contributed by atoms with Gasteiger partial charge in [0, 0.05) is 5.75 Å². The van der Waals surface area contributed by atoms with Crippen LogP contribution in [0.15, 0.2) is 24.3 Å². The first-order valence-electron chi connectivity index (χ1n) is 5.14. The van der Waals surface area contributed by atoms with Crippen LogP contribution in [0, 0.1) is 0 Å². The van der Waals surface area contributed by atoms with E-state index in [1.807, 2.05) is 0 Å². The molecule has 2 amide bonds. The molecule has 0 aliphatic carbocycles. The summed E-state index contributed by atoms with van der Waals surface area (Å²) in [6.07, 6.45) is 0. The van der Waals surface area contributed by atoms with Crippen LogP contribution in [-0.2, 0) is 4.79 Å². The second-order valence-electron chi connectivity index (χ2n) is 3.64. The molecule has 0 bridgehead atoms.